The van der Waals surface area contributed by atoms with Gasteiger partial charge in [-0.05, 0) is 38.5 Å². The van der Waals surface area contributed by atoms with Crippen LogP contribution >= 0.6 is 0 Å². The van der Waals surface area contributed by atoms with Crippen LogP contribution in [0.25, 0.3) is 0 Å². The number of aliphatic imine (C=N–C) groups is 3. The lowest BCUT2D eigenvalue weighted by Crippen LogP contribution is -2.58. The van der Waals surface area contributed by atoms with Crippen molar-refractivity contribution in [3.05, 3.63) is 0 Å². The Morgan fingerprint density at radius 3 is 1.26 bits per heavy atom. The summed E-state index contributed by atoms with van der Waals surface area (Å²) in [5, 5.41) is 9.76. The number of carbonyl (C=O) groups excluding carboxylic acids is 2. The van der Waals surface area contributed by atoms with Crippen molar-refractivity contribution in [3.63, 3.8) is 0 Å². The van der Waals surface area contributed by atoms with E-state index in [0.29, 0.717) is 17.7 Å². The molecule has 0 aliphatic rings. The Morgan fingerprint density at radius 1 is 0.647 bits per heavy atom. The summed E-state index contributed by atoms with van der Waals surface area (Å²) in [5.74, 6) is -3.54. The van der Waals surface area contributed by atoms with Gasteiger partial charge < -0.3 is 51.0 Å². The summed E-state index contributed by atoms with van der Waals surface area (Å²) in [7, 11) is 0. The quantitative estimate of drug-likeness (QED) is 0.0567. The number of nitrogens with zero attached hydrogens (tertiary/aromatic N) is 4. The number of carboxylic acid groups (broad SMARTS) is 1. The zero-order valence-corrected chi connectivity index (χ0v) is 19.2. The highest BCUT2D eigenvalue weighted by Crippen LogP contribution is 2.15. The number of aliphatic carboxylic acids is 1. The lowest BCUT2D eigenvalue weighted by molar-refractivity contribution is -0.159. The molecule has 0 aromatic rings. The molecule has 16 nitrogen and oxygen atoms in total. The molecule has 16 heteroatoms. The summed E-state index contributed by atoms with van der Waals surface area (Å²) < 4.78 is 0. The Hall–Kier alpha value is -3.66. The highest BCUT2D eigenvalue weighted by Gasteiger charge is 2.38. The molecule has 3 atom stereocenters. The Kier molecular flexibility index (Phi) is 14.3. The van der Waals surface area contributed by atoms with Gasteiger partial charge in [0, 0.05) is 19.6 Å². The third-order valence-electron chi connectivity index (χ3n) is 4.57. The maximum atomic E-state index is 13.1. The minimum Gasteiger partial charge on any atom is -0.480 e. The van der Waals surface area contributed by atoms with E-state index in [4.69, 9.17) is 45.9 Å². The number of nitrogens with two attached hydrogens (primary N) is 8. The average Bonchev–Trinajstić information content (AvgIpc) is 2.74. The summed E-state index contributed by atoms with van der Waals surface area (Å²) in [6, 6.07) is -3.86. The number of amides is 2. The monoisotopic (exact) mass is 486 g/mol. The van der Waals surface area contributed by atoms with E-state index in [2.05, 4.69) is 15.0 Å². The fourth-order valence-electron chi connectivity index (χ4n) is 2.91. The second-order valence-electron chi connectivity index (χ2n) is 7.46. The van der Waals surface area contributed by atoms with Crippen LogP contribution in [0.2, 0.25) is 0 Å². The lowest BCUT2D eigenvalue weighted by Gasteiger charge is -2.31. The molecule has 17 N–H and O–H groups in total. The number of hydrogen-bond donors (Lipinski definition) is 9. The van der Waals surface area contributed by atoms with E-state index < -0.39 is 35.9 Å². The van der Waals surface area contributed by atoms with Gasteiger partial charge >= 0.3 is 5.97 Å². The highest BCUT2D eigenvalue weighted by molar-refractivity contribution is 6.03. The fourth-order valence-corrected chi connectivity index (χ4v) is 2.91. The van der Waals surface area contributed by atoms with E-state index in [9.17, 15) is 19.5 Å². The average molecular weight is 487 g/mol. The number of guanidine groups is 3. The highest BCUT2D eigenvalue weighted by atomic mass is 16.4. The Bertz CT molecular complexity index is 716. The first-order valence-corrected chi connectivity index (χ1v) is 10.7. The van der Waals surface area contributed by atoms with Gasteiger partial charge in [0.1, 0.15) is 6.04 Å². The fraction of sp³-hybridized carbons (Fsp3) is 0.667. The van der Waals surface area contributed by atoms with Crippen molar-refractivity contribution in [2.45, 2.75) is 56.7 Å². The predicted molar refractivity (Wildman–Crippen MR) is 129 cm³/mol. The summed E-state index contributed by atoms with van der Waals surface area (Å²) in [6.07, 6.45) is 0.967. The smallest absolute Gasteiger partial charge is 0.326 e. The molecule has 0 spiro atoms. The zero-order valence-electron chi connectivity index (χ0n) is 19.2. The van der Waals surface area contributed by atoms with Crippen LogP contribution in [0.1, 0.15) is 38.5 Å². The summed E-state index contributed by atoms with van der Waals surface area (Å²) in [5.41, 5.74) is 43.5. The maximum Gasteiger partial charge on any atom is 0.326 e. The van der Waals surface area contributed by atoms with Gasteiger partial charge in [-0.3, -0.25) is 29.5 Å². The largest absolute Gasteiger partial charge is 0.480 e. The normalized spacial score (nSPS) is 13.1. The van der Waals surface area contributed by atoms with Crippen LogP contribution in [-0.4, -0.2) is 83.4 Å². The summed E-state index contributed by atoms with van der Waals surface area (Å²) in [6.45, 7) is 0.530. The van der Waals surface area contributed by atoms with Gasteiger partial charge in [0.05, 0.1) is 12.1 Å². The molecule has 0 saturated heterocycles. The molecular weight excluding hydrogens is 448 g/mol. The van der Waals surface area contributed by atoms with Crippen molar-refractivity contribution < 1.29 is 19.5 Å². The van der Waals surface area contributed by atoms with Crippen molar-refractivity contribution >= 4 is 35.7 Å². The van der Waals surface area contributed by atoms with E-state index >= 15 is 0 Å². The van der Waals surface area contributed by atoms with Crippen LogP contribution < -0.4 is 45.9 Å². The molecular formula is C18H38N12O4. The van der Waals surface area contributed by atoms with E-state index in [1.807, 2.05) is 0 Å². The van der Waals surface area contributed by atoms with Crippen molar-refractivity contribution in [2.75, 3.05) is 19.6 Å². The van der Waals surface area contributed by atoms with E-state index in [-0.39, 0.29) is 63.2 Å². The van der Waals surface area contributed by atoms with Gasteiger partial charge in [0.25, 0.3) is 0 Å². The molecule has 194 valence electrons. The van der Waals surface area contributed by atoms with Crippen molar-refractivity contribution in [3.8, 4) is 0 Å². The van der Waals surface area contributed by atoms with Crippen LogP contribution in [0.4, 0.5) is 0 Å². The number of carboxylic acids is 1. The maximum absolute atomic E-state index is 13.1. The molecule has 0 radical (unpaired) electrons. The number of imide groups is 1. The van der Waals surface area contributed by atoms with Crippen LogP contribution in [0.15, 0.2) is 15.0 Å². The van der Waals surface area contributed by atoms with Gasteiger partial charge in [-0.15, -0.1) is 0 Å². The van der Waals surface area contributed by atoms with Gasteiger partial charge in [0.2, 0.25) is 11.8 Å². The van der Waals surface area contributed by atoms with Gasteiger partial charge in [-0.25, -0.2) is 4.79 Å². The molecule has 0 aliphatic carbocycles. The minimum atomic E-state index is -1.51. The molecule has 0 aromatic carbocycles. The van der Waals surface area contributed by atoms with E-state index in [1.54, 1.807) is 0 Å². The molecule has 0 heterocycles. The van der Waals surface area contributed by atoms with Crippen LogP contribution in [-0.2, 0) is 14.4 Å². The number of rotatable bonds is 16. The first kappa shape index (κ1) is 30.3. The SMILES string of the molecule is NC(N)=NCCC[C@H](N)C(=O)N(C(=O)[C@@H](N)CCCN=C(N)N)[C@@H](CCCN=C(N)N)C(=O)O. The van der Waals surface area contributed by atoms with Crippen molar-refractivity contribution in [1.82, 2.24) is 4.90 Å². The molecule has 0 rings (SSSR count). The van der Waals surface area contributed by atoms with Gasteiger partial charge in [-0.2, -0.15) is 0 Å². The Labute approximate surface area is 197 Å². The molecule has 0 aliphatic heterocycles. The molecule has 2 amide bonds. The minimum absolute atomic E-state index is 0.106. The third kappa shape index (κ3) is 12.4. The van der Waals surface area contributed by atoms with Gasteiger partial charge in [0.15, 0.2) is 17.9 Å². The molecule has 0 unspecified atom stereocenters. The molecule has 0 aromatic heterocycles. The van der Waals surface area contributed by atoms with Crippen molar-refractivity contribution in [1.29, 1.82) is 0 Å². The topological polar surface area (TPSA) is 320 Å². The number of carbonyl (C=O) groups is 3. The predicted octanol–water partition coefficient (Wildman–Crippen LogP) is -4.39. The number of hydrogen-bond acceptors (Lipinski definition) is 8. The van der Waals surface area contributed by atoms with E-state index in [0.717, 1.165) is 0 Å². The molecule has 0 bridgehead atoms. The van der Waals surface area contributed by atoms with Crippen LogP contribution in [0.5, 0.6) is 0 Å². The first-order valence-electron chi connectivity index (χ1n) is 10.7. The van der Waals surface area contributed by atoms with Crippen molar-refractivity contribution in [2.24, 2.45) is 60.8 Å². The Balaban J connectivity index is 5.59. The second-order valence-corrected chi connectivity index (χ2v) is 7.46. The lowest BCUT2D eigenvalue weighted by atomic mass is 10.0. The standard InChI is InChI=1S/C18H38N12O4/c19-10(4-1-7-27-16(21)22)13(31)30(12(15(33)34)6-3-9-29-18(25)26)14(32)11(20)5-2-8-28-17(23)24/h10-12H,1-9,19-20H2,(H,33,34)(H4,21,22,27)(H4,23,24,28)(H4,25,26,29)/t10-,11-,12-/m0/s1. The molecule has 34 heavy (non-hydrogen) atoms. The second kappa shape index (κ2) is 16.0. The zero-order chi connectivity index (χ0) is 26.3. The summed E-state index contributed by atoms with van der Waals surface area (Å²) >= 11 is 0. The third-order valence-corrected chi connectivity index (χ3v) is 4.57. The first-order chi connectivity index (χ1) is 15.9. The van der Waals surface area contributed by atoms with Gasteiger partial charge in [-0.1, -0.05) is 0 Å². The Morgan fingerprint density at radius 2 is 0.971 bits per heavy atom. The van der Waals surface area contributed by atoms with Crippen LogP contribution in [0, 0.1) is 0 Å². The molecule has 0 fully saturated rings. The summed E-state index contributed by atoms with van der Waals surface area (Å²) in [4.78, 5) is 50.1. The van der Waals surface area contributed by atoms with E-state index in [1.165, 1.54) is 0 Å². The van der Waals surface area contributed by atoms with Crippen LogP contribution in [0.3, 0.4) is 0 Å². The molecule has 0 saturated carbocycles.